The lowest BCUT2D eigenvalue weighted by Crippen LogP contribution is -2.38. The van der Waals surface area contributed by atoms with Crippen molar-refractivity contribution in [2.24, 2.45) is 0 Å². The number of hydrogen-bond donors (Lipinski definition) is 0. The molecule has 0 bridgehead atoms. The quantitative estimate of drug-likeness (QED) is 0.386. The van der Waals surface area contributed by atoms with E-state index < -0.39 is 15.1 Å². The van der Waals surface area contributed by atoms with Gasteiger partial charge in [-0.2, -0.15) is 0 Å². The summed E-state index contributed by atoms with van der Waals surface area (Å²) >= 11 is 7.66. The van der Waals surface area contributed by atoms with Crippen molar-refractivity contribution in [3.8, 4) is 0 Å². The Hall–Kier alpha value is -2.00. The van der Waals surface area contributed by atoms with Crippen LogP contribution in [-0.2, 0) is 9.84 Å². The number of sulfone groups is 1. The molecule has 6 nitrogen and oxygen atoms in total. The number of benzene rings is 2. The number of halogens is 1. The van der Waals surface area contributed by atoms with Gasteiger partial charge < -0.3 is 4.90 Å². The molecule has 0 aliphatic carbocycles. The van der Waals surface area contributed by atoms with E-state index in [4.69, 9.17) is 16.6 Å². The van der Waals surface area contributed by atoms with E-state index in [1.165, 1.54) is 23.5 Å². The molecule has 0 N–H and O–H groups in total. The van der Waals surface area contributed by atoms with Gasteiger partial charge in [-0.05, 0) is 75.8 Å². The highest BCUT2D eigenvalue weighted by molar-refractivity contribution is 7.92. The maximum atomic E-state index is 13.6. The van der Waals surface area contributed by atoms with Crippen molar-refractivity contribution in [1.29, 1.82) is 0 Å². The molecule has 33 heavy (non-hydrogen) atoms. The average Bonchev–Trinajstić information content (AvgIpc) is 3.20. The summed E-state index contributed by atoms with van der Waals surface area (Å²) in [5.74, 6) is -0.210. The Bertz CT molecular complexity index is 1230. The second kappa shape index (κ2) is 10.5. The van der Waals surface area contributed by atoms with E-state index >= 15 is 0 Å². The molecule has 0 saturated heterocycles. The molecule has 0 aliphatic rings. The van der Waals surface area contributed by atoms with Gasteiger partial charge in [0.2, 0.25) is 0 Å². The van der Waals surface area contributed by atoms with Crippen LogP contribution in [0.5, 0.6) is 0 Å². The molecule has 3 rings (SSSR count). The topological polar surface area (TPSA) is 70.6 Å². The third kappa shape index (κ3) is 5.57. The molecule has 0 aliphatic heterocycles. The predicted octanol–water partition coefficient (Wildman–Crippen LogP) is 5.43. The van der Waals surface area contributed by atoms with Gasteiger partial charge in [-0.3, -0.25) is 9.69 Å². The van der Waals surface area contributed by atoms with E-state index in [0.29, 0.717) is 28.8 Å². The highest BCUT2D eigenvalue weighted by Gasteiger charge is 2.24. The second-order valence-corrected chi connectivity index (χ2v) is 12.1. The number of hydrogen-bond acceptors (Lipinski definition) is 6. The van der Waals surface area contributed by atoms with Gasteiger partial charge in [-0.1, -0.05) is 36.8 Å². The van der Waals surface area contributed by atoms with E-state index in [9.17, 15) is 13.2 Å². The summed E-state index contributed by atoms with van der Waals surface area (Å²) in [4.78, 5) is 22.5. The van der Waals surface area contributed by atoms with E-state index in [-0.39, 0.29) is 10.8 Å². The third-order valence-electron chi connectivity index (χ3n) is 5.70. The van der Waals surface area contributed by atoms with Gasteiger partial charge in [-0.25, -0.2) is 13.4 Å². The fourth-order valence-corrected chi connectivity index (χ4v) is 6.04. The summed E-state index contributed by atoms with van der Waals surface area (Å²) in [6, 6.07) is 9.91. The Morgan fingerprint density at radius 1 is 1.09 bits per heavy atom. The second-order valence-electron chi connectivity index (χ2n) is 8.17. The van der Waals surface area contributed by atoms with E-state index in [0.717, 1.165) is 28.9 Å². The van der Waals surface area contributed by atoms with Crippen LogP contribution in [0.4, 0.5) is 5.13 Å². The summed E-state index contributed by atoms with van der Waals surface area (Å²) < 4.78 is 25.8. The number of rotatable bonds is 9. The van der Waals surface area contributed by atoms with E-state index in [1.807, 2.05) is 19.1 Å². The molecule has 0 spiro atoms. The summed E-state index contributed by atoms with van der Waals surface area (Å²) in [6.07, 6.45) is 0. The first-order valence-electron chi connectivity index (χ1n) is 11.0. The predicted molar refractivity (Wildman–Crippen MR) is 138 cm³/mol. The molecule has 0 radical (unpaired) electrons. The normalized spacial score (nSPS) is 12.1. The number of fused-ring (bicyclic) bond motifs is 1. The van der Waals surface area contributed by atoms with Crippen LogP contribution < -0.4 is 4.90 Å². The van der Waals surface area contributed by atoms with Gasteiger partial charge in [0.15, 0.2) is 15.0 Å². The van der Waals surface area contributed by atoms with Crippen molar-refractivity contribution >= 4 is 54.0 Å². The van der Waals surface area contributed by atoms with Crippen molar-refractivity contribution in [3.63, 3.8) is 0 Å². The molecule has 178 valence electrons. The Balaban J connectivity index is 1.99. The van der Waals surface area contributed by atoms with Crippen LogP contribution in [0.1, 0.15) is 43.6 Å². The zero-order chi connectivity index (χ0) is 24.3. The summed E-state index contributed by atoms with van der Waals surface area (Å²) in [5, 5.41) is 0.715. The van der Waals surface area contributed by atoms with Crippen molar-refractivity contribution in [2.45, 2.75) is 44.8 Å². The van der Waals surface area contributed by atoms with Crippen molar-refractivity contribution in [1.82, 2.24) is 9.88 Å². The SMILES string of the molecule is CCN(CC)CCN(C(=O)c1ccc(S(=O)(=O)C(C)C)cc1)c1nc2c(C)cc(Cl)cc2s1. The van der Waals surface area contributed by atoms with Gasteiger partial charge in [0.1, 0.15) is 0 Å². The molecule has 0 atom stereocenters. The molecular formula is C24H30ClN3O3S2. The lowest BCUT2D eigenvalue weighted by Gasteiger charge is -2.24. The number of carbonyl (C=O) groups excluding carboxylic acids is 1. The number of nitrogens with zero attached hydrogens (tertiary/aromatic N) is 3. The standard InChI is InChI=1S/C24H30ClN3O3S2/c1-6-27(7-2)12-13-28(24-26-22-17(5)14-19(25)15-21(22)32-24)23(29)18-8-10-20(11-9-18)33(30,31)16(3)4/h8-11,14-16H,6-7,12-13H2,1-5H3. The van der Waals surface area contributed by atoms with Crippen LogP contribution in [0, 0.1) is 6.92 Å². The Labute approximate surface area is 205 Å². The Morgan fingerprint density at radius 3 is 2.30 bits per heavy atom. The number of anilines is 1. The van der Waals surface area contributed by atoms with Crippen LogP contribution in [-0.4, -0.2) is 55.6 Å². The summed E-state index contributed by atoms with van der Waals surface area (Å²) in [5.41, 5.74) is 2.21. The molecular weight excluding hydrogens is 478 g/mol. The van der Waals surface area contributed by atoms with Crippen LogP contribution in [0.25, 0.3) is 10.2 Å². The molecule has 1 heterocycles. The third-order valence-corrected chi connectivity index (χ3v) is 9.11. The Kier molecular flexibility index (Phi) is 8.16. The fourth-order valence-electron chi connectivity index (χ4n) is 3.54. The van der Waals surface area contributed by atoms with Gasteiger partial charge in [0, 0.05) is 23.7 Å². The van der Waals surface area contributed by atoms with Crippen LogP contribution in [0.3, 0.4) is 0 Å². The zero-order valence-corrected chi connectivity index (χ0v) is 22.0. The molecule has 0 unspecified atom stereocenters. The zero-order valence-electron chi connectivity index (χ0n) is 19.6. The number of likely N-dealkylation sites (N-methyl/N-ethyl adjacent to an activating group) is 1. The lowest BCUT2D eigenvalue weighted by molar-refractivity contribution is 0.0983. The maximum Gasteiger partial charge on any atom is 0.260 e. The van der Waals surface area contributed by atoms with Crippen molar-refractivity contribution in [3.05, 3.63) is 52.5 Å². The van der Waals surface area contributed by atoms with Gasteiger partial charge in [0.25, 0.3) is 5.91 Å². The Morgan fingerprint density at radius 2 is 1.73 bits per heavy atom. The summed E-state index contributed by atoms with van der Waals surface area (Å²) in [6.45, 7) is 12.4. The van der Waals surface area contributed by atoms with Crippen LogP contribution in [0.2, 0.25) is 5.02 Å². The number of aryl methyl sites for hydroxylation is 1. The first-order valence-corrected chi connectivity index (χ1v) is 13.8. The van der Waals surface area contributed by atoms with E-state index in [2.05, 4.69) is 18.7 Å². The highest BCUT2D eigenvalue weighted by Crippen LogP contribution is 2.33. The minimum atomic E-state index is -3.40. The molecule has 3 aromatic rings. The van der Waals surface area contributed by atoms with Crippen LogP contribution >= 0.6 is 22.9 Å². The van der Waals surface area contributed by atoms with Gasteiger partial charge >= 0.3 is 0 Å². The largest absolute Gasteiger partial charge is 0.302 e. The number of thiazole rings is 1. The number of amides is 1. The molecule has 1 amide bonds. The first kappa shape index (κ1) is 25.6. The maximum absolute atomic E-state index is 13.6. The fraction of sp³-hybridized carbons (Fsp3) is 0.417. The number of aromatic nitrogens is 1. The highest BCUT2D eigenvalue weighted by atomic mass is 35.5. The average molecular weight is 508 g/mol. The number of carbonyl (C=O) groups is 1. The molecule has 1 aromatic heterocycles. The summed E-state index contributed by atoms with van der Waals surface area (Å²) in [7, 11) is -3.40. The molecule has 2 aromatic carbocycles. The van der Waals surface area contributed by atoms with Gasteiger partial charge in [-0.15, -0.1) is 0 Å². The molecule has 0 fully saturated rings. The smallest absolute Gasteiger partial charge is 0.260 e. The van der Waals surface area contributed by atoms with E-state index in [1.54, 1.807) is 30.9 Å². The van der Waals surface area contributed by atoms with Crippen molar-refractivity contribution in [2.75, 3.05) is 31.1 Å². The molecule has 0 saturated carbocycles. The van der Waals surface area contributed by atoms with Crippen LogP contribution in [0.15, 0.2) is 41.3 Å². The first-order chi connectivity index (χ1) is 15.6. The van der Waals surface area contributed by atoms with Gasteiger partial charge in [0.05, 0.1) is 20.4 Å². The minimum absolute atomic E-state index is 0.210. The van der Waals surface area contributed by atoms with Crippen molar-refractivity contribution < 1.29 is 13.2 Å². The lowest BCUT2D eigenvalue weighted by atomic mass is 10.2. The molecule has 9 heteroatoms. The monoisotopic (exact) mass is 507 g/mol. The minimum Gasteiger partial charge on any atom is -0.302 e.